The molecule has 10 nitrogen and oxygen atoms in total. The predicted octanol–water partition coefficient (Wildman–Crippen LogP) is 3.50. The molecule has 40 heavy (non-hydrogen) atoms. The van der Waals surface area contributed by atoms with Crippen molar-refractivity contribution in [2.45, 2.75) is 37.0 Å². The molecule has 2 N–H and O–H groups in total. The van der Waals surface area contributed by atoms with Gasteiger partial charge in [-0.1, -0.05) is 17.7 Å². The standard InChI is InChI=1S/C25H25ClF2N4O6S2/c1-38-25(35)17-20(12-4-7-32(8-5-12)40(36,37)14-10-13(11-14)24(33)34)30-22(23-29-6-9-39-23)31-21(17)15-2-3-16(27)19(28)18(15)26/h2-3,6,9,12-14,21H,4-5,7-8,10-11H2,1H3,(H,30,31)(H,33,34)/t13?,14?,21-/m0/s1. The number of aliphatic carboxylic acids is 1. The molecule has 2 aliphatic heterocycles. The average Bonchev–Trinajstić information content (AvgIpc) is 3.45. The summed E-state index contributed by atoms with van der Waals surface area (Å²) in [6, 6.07) is 1.03. The van der Waals surface area contributed by atoms with Gasteiger partial charge in [-0.05, 0) is 31.7 Å². The zero-order valence-electron chi connectivity index (χ0n) is 21.1. The number of aliphatic imine (C=N–C) groups is 1. The molecule has 1 aromatic carbocycles. The fourth-order valence-electron chi connectivity index (χ4n) is 5.27. The second-order valence-corrected chi connectivity index (χ2v) is 13.3. The lowest BCUT2D eigenvalue weighted by atomic mass is 9.85. The Morgan fingerprint density at radius 2 is 1.93 bits per heavy atom. The molecule has 214 valence electrons. The van der Waals surface area contributed by atoms with Gasteiger partial charge in [0.25, 0.3) is 0 Å². The highest BCUT2D eigenvalue weighted by molar-refractivity contribution is 7.89. The summed E-state index contributed by atoms with van der Waals surface area (Å²) in [5.74, 6) is -4.86. The summed E-state index contributed by atoms with van der Waals surface area (Å²) in [4.78, 5) is 33.2. The van der Waals surface area contributed by atoms with Gasteiger partial charge in [0.2, 0.25) is 10.0 Å². The van der Waals surface area contributed by atoms with Crippen LogP contribution in [0.5, 0.6) is 0 Å². The molecular weight excluding hydrogens is 590 g/mol. The Labute approximate surface area is 237 Å². The van der Waals surface area contributed by atoms with E-state index in [0.29, 0.717) is 29.4 Å². The van der Waals surface area contributed by atoms with Crippen LogP contribution in [0.4, 0.5) is 8.78 Å². The number of sulfonamides is 1. The Hall–Kier alpha value is -2.94. The Bertz CT molecular complexity index is 1500. The van der Waals surface area contributed by atoms with Gasteiger partial charge in [0.05, 0.1) is 28.9 Å². The molecule has 0 radical (unpaired) electrons. The minimum Gasteiger partial charge on any atom is -0.481 e. The summed E-state index contributed by atoms with van der Waals surface area (Å²) in [7, 11) is -2.49. The molecule has 1 aromatic heterocycles. The largest absolute Gasteiger partial charge is 0.481 e. The van der Waals surface area contributed by atoms with E-state index in [0.717, 1.165) is 6.07 Å². The highest BCUT2D eigenvalue weighted by Crippen LogP contribution is 2.42. The number of carbonyl (C=O) groups excluding carboxylic acids is 1. The Balaban J connectivity index is 1.48. The highest BCUT2D eigenvalue weighted by Gasteiger charge is 2.46. The first-order chi connectivity index (χ1) is 19.0. The lowest BCUT2D eigenvalue weighted by Crippen LogP contribution is -2.50. The van der Waals surface area contributed by atoms with Gasteiger partial charge in [0, 0.05) is 41.8 Å². The first kappa shape index (κ1) is 28.6. The van der Waals surface area contributed by atoms with Crippen molar-refractivity contribution in [3.63, 3.8) is 0 Å². The molecule has 0 spiro atoms. The number of nitrogens with one attached hydrogen (secondary N) is 1. The maximum absolute atomic E-state index is 14.5. The van der Waals surface area contributed by atoms with Gasteiger partial charge in [0.1, 0.15) is 6.04 Å². The number of methoxy groups -OCH3 is 1. The third-order valence-electron chi connectivity index (χ3n) is 7.56. The molecule has 3 aliphatic rings. The third kappa shape index (κ3) is 5.13. The lowest BCUT2D eigenvalue weighted by molar-refractivity contribution is -0.144. The van der Waals surface area contributed by atoms with Gasteiger partial charge in [0.15, 0.2) is 22.5 Å². The number of carbonyl (C=O) groups is 2. The van der Waals surface area contributed by atoms with Crippen LogP contribution in [0, 0.1) is 23.5 Å². The van der Waals surface area contributed by atoms with Crippen molar-refractivity contribution >= 4 is 50.7 Å². The van der Waals surface area contributed by atoms with Crippen LogP contribution in [0.3, 0.4) is 0 Å². The van der Waals surface area contributed by atoms with Gasteiger partial charge < -0.3 is 15.2 Å². The second-order valence-electron chi connectivity index (χ2n) is 9.77. The zero-order chi connectivity index (χ0) is 28.8. The Morgan fingerprint density at radius 3 is 2.52 bits per heavy atom. The van der Waals surface area contributed by atoms with Crippen molar-refractivity contribution in [3.8, 4) is 0 Å². The third-order valence-corrected chi connectivity index (χ3v) is 11.0. The minimum absolute atomic E-state index is 0.0558. The molecule has 1 atom stereocenters. The first-order valence-electron chi connectivity index (χ1n) is 12.4. The molecule has 1 aliphatic carbocycles. The molecule has 0 bridgehead atoms. The molecule has 0 unspecified atom stereocenters. The second kappa shape index (κ2) is 11.1. The SMILES string of the molecule is COC(=O)C1=C(C2CCN(S(=O)(=O)C3CC(C(=O)O)C3)CC2)NC(c2nccs2)=N[C@H]1c1ccc(F)c(F)c1Cl. The summed E-state index contributed by atoms with van der Waals surface area (Å²) in [5.41, 5.74) is 0.539. The van der Waals surface area contributed by atoms with E-state index in [-0.39, 0.29) is 43.0 Å². The van der Waals surface area contributed by atoms with E-state index in [9.17, 15) is 26.8 Å². The van der Waals surface area contributed by atoms with Crippen LogP contribution < -0.4 is 5.32 Å². The molecule has 1 saturated carbocycles. The number of benzene rings is 1. The van der Waals surface area contributed by atoms with E-state index in [1.807, 2.05) is 0 Å². The van der Waals surface area contributed by atoms with Gasteiger partial charge in [-0.15, -0.1) is 11.3 Å². The number of carboxylic acid groups (broad SMARTS) is 1. The van der Waals surface area contributed by atoms with Crippen molar-refractivity contribution in [2.24, 2.45) is 16.8 Å². The number of hydrogen-bond acceptors (Lipinski definition) is 9. The number of halogens is 3. The number of thiazole rings is 1. The number of piperidine rings is 1. The maximum Gasteiger partial charge on any atom is 0.338 e. The number of rotatable bonds is 7. The number of allylic oxidation sites excluding steroid dienone is 1. The van der Waals surface area contributed by atoms with Crippen molar-refractivity contribution < 1.29 is 36.6 Å². The van der Waals surface area contributed by atoms with Crippen LogP contribution in [0.15, 0.2) is 40.0 Å². The van der Waals surface area contributed by atoms with Crippen LogP contribution >= 0.6 is 22.9 Å². The van der Waals surface area contributed by atoms with Gasteiger partial charge in [-0.2, -0.15) is 0 Å². The van der Waals surface area contributed by atoms with E-state index in [4.69, 9.17) is 21.4 Å². The van der Waals surface area contributed by atoms with E-state index in [1.165, 1.54) is 28.8 Å². The first-order valence-corrected chi connectivity index (χ1v) is 15.2. The predicted molar refractivity (Wildman–Crippen MR) is 142 cm³/mol. The summed E-state index contributed by atoms with van der Waals surface area (Å²) >= 11 is 7.48. The molecule has 0 amide bonds. The zero-order valence-corrected chi connectivity index (χ0v) is 23.5. The molecule has 3 heterocycles. The van der Waals surface area contributed by atoms with Crippen molar-refractivity contribution in [1.82, 2.24) is 14.6 Å². The summed E-state index contributed by atoms with van der Waals surface area (Å²) < 4.78 is 61.0. The topological polar surface area (TPSA) is 138 Å². The van der Waals surface area contributed by atoms with Crippen LogP contribution in [-0.2, 0) is 24.3 Å². The van der Waals surface area contributed by atoms with Crippen LogP contribution in [0.1, 0.15) is 42.3 Å². The van der Waals surface area contributed by atoms with Crippen molar-refractivity contribution in [3.05, 3.63) is 62.2 Å². The van der Waals surface area contributed by atoms with E-state index in [2.05, 4.69) is 15.3 Å². The summed E-state index contributed by atoms with van der Waals surface area (Å²) in [6.45, 7) is 0.308. The average molecular weight is 615 g/mol. The van der Waals surface area contributed by atoms with E-state index >= 15 is 0 Å². The van der Waals surface area contributed by atoms with E-state index in [1.54, 1.807) is 11.6 Å². The summed E-state index contributed by atoms with van der Waals surface area (Å²) in [6.07, 6.45) is 2.41. The van der Waals surface area contributed by atoms with Crippen LogP contribution in [0.2, 0.25) is 5.02 Å². The number of esters is 1. The Morgan fingerprint density at radius 1 is 1.23 bits per heavy atom. The normalized spacial score (nSPS) is 24.2. The quantitative estimate of drug-likeness (QED) is 0.357. The molecule has 2 aromatic rings. The fourth-order valence-corrected chi connectivity index (χ4v) is 8.20. The van der Waals surface area contributed by atoms with Crippen LogP contribution in [0.25, 0.3) is 0 Å². The number of amidine groups is 1. The molecular formula is C25H25ClF2N4O6S2. The number of hydrogen-bond donors (Lipinski definition) is 2. The smallest absolute Gasteiger partial charge is 0.338 e. The van der Waals surface area contributed by atoms with Gasteiger partial charge >= 0.3 is 11.9 Å². The maximum atomic E-state index is 14.5. The van der Waals surface area contributed by atoms with Crippen molar-refractivity contribution in [2.75, 3.05) is 20.2 Å². The monoisotopic (exact) mass is 614 g/mol. The lowest BCUT2D eigenvalue weighted by Gasteiger charge is -2.40. The molecule has 15 heteroatoms. The number of nitrogens with zero attached hydrogens (tertiary/aromatic N) is 3. The highest BCUT2D eigenvalue weighted by atomic mass is 35.5. The summed E-state index contributed by atoms with van der Waals surface area (Å²) in [5, 5.41) is 13.3. The van der Waals surface area contributed by atoms with Crippen molar-refractivity contribution in [1.29, 1.82) is 0 Å². The Kier molecular flexibility index (Phi) is 7.97. The molecule has 1 saturated heterocycles. The van der Waals surface area contributed by atoms with Gasteiger partial charge in [-0.25, -0.2) is 31.3 Å². The molecule has 5 rings (SSSR count). The fraction of sp³-hybridized carbons (Fsp3) is 0.440. The van der Waals surface area contributed by atoms with Gasteiger partial charge in [-0.3, -0.25) is 9.79 Å². The minimum atomic E-state index is -3.68. The number of aromatic nitrogens is 1. The van der Waals surface area contributed by atoms with Crippen LogP contribution in [-0.4, -0.2) is 66.0 Å². The number of ether oxygens (including phenoxy) is 1. The molecule has 2 fully saturated rings. The number of carboxylic acids is 1. The van der Waals surface area contributed by atoms with E-state index < -0.39 is 55.8 Å².